The minimum atomic E-state index is -0.793. The monoisotopic (exact) mass is 375 g/mol. The van der Waals surface area contributed by atoms with Crippen LogP contribution in [0.3, 0.4) is 0 Å². The Hall–Kier alpha value is -2.34. The van der Waals surface area contributed by atoms with Gasteiger partial charge in [0.25, 0.3) is 5.91 Å². The quantitative estimate of drug-likeness (QED) is 0.835. The molecule has 0 radical (unpaired) electrons. The topological polar surface area (TPSA) is 84.2 Å². The number of nitrogens with one attached hydrogen (secondary N) is 1. The molecule has 1 amide bonds. The largest absolute Gasteiger partial charge is 0.481 e. The van der Waals surface area contributed by atoms with Crippen molar-refractivity contribution in [1.82, 2.24) is 15.1 Å². The summed E-state index contributed by atoms with van der Waals surface area (Å²) in [5.41, 5.74) is 2.11. The molecule has 1 aromatic heterocycles. The van der Waals surface area contributed by atoms with E-state index in [1.165, 1.54) is 0 Å². The van der Waals surface area contributed by atoms with Crippen LogP contribution >= 0.6 is 11.6 Å². The van der Waals surface area contributed by atoms with E-state index in [1.54, 1.807) is 23.0 Å². The lowest BCUT2D eigenvalue weighted by atomic mass is 10.0. The fourth-order valence-corrected chi connectivity index (χ4v) is 3.69. The van der Waals surface area contributed by atoms with Crippen LogP contribution in [-0.4, -0.2) is 32.8 Å². The van der Waals surface area contributed by atoms with E-state index in [-0.39, 0.29) is 23.8 Å². The maximum absolute atomic E-state index is 12.8. The SMILES string of the molecule is CC(C)c1c(C(=O)N[C@@H]2CC[C@H](C(=O)O)C2)cnn1-c1cccc(Cl)c1. The van der Waals surface area contributed by atoms with E-state index < -0.39 is 5.97 Å². The summed E-state index contributed by atoms with van der Waals surface area (Å²) in [6.07, 6.45) is 3.32. The van der Waals surface area contributed by atoms with Crippen molar-refractivity contribution in [2.75, 3.05) is 0 Å². The van der Waals surface area contributed by atoms with Crippen LogP contribution in [0.15, 0.2) is 30.5 Å². The molecule has 2 atom stereocenters. The number of nitrogens with zero attached hydrogens (tertiary/aromatic N) is 2. The summed E-state index contributed by atoms with van der Waals surface area (Å²) in [4.78, 5) is 23.9. The Morgan fingerprint density at radius 2 is 2.12 bits per heavy atom. The summed E-state index contributed by atoms with van der Waals surface area (Å²) >= 11 is 6.08. The first-order chi connectivity index (χ1) is 12.4. The fourth-order valence-electron chi connectivity index (χ4n) is 3.50. The van der Waals surface area contributed by atoms with Crippen LogP contribution in [0.1, 0.15) is 55.1 Å². The molecule has 1 aliphatic carbocycles. The first-order valence-corrected chi connectivity index (χ1v) is 9.12. The molecule has 1 aliphatic rings. The van der Waals surface area contributed by atoms with Gasteiger partial charge in [0.15, 0.2) is 0 Å². The van der Waals surface area contributed by atoms with Gasteiger partial charge < -0.3 is 10.4 Å². The van der Waals surface area contributed by atoms with Crippen LogP contribution in [0.2, 0.25) is 5.02 Å². The fraction of sp³-hybridized carbons (Fsp3) is 0.421. The van der Waals surface area contributed by atoms with Gasteiger partial charge in [-0.15, -0.1) is 0 Å². The average Bonchev–Trinajstić information content (AvgIpc) is 3.21. The Bertz CT molecular complexity index is 831. The second-order valence-corrected chi connectivity index (χ2v) is 7.44. The third-order valence-electron chi connectivity index (χ3n) is 4.77. The van der Waals surface area contributed by atoms with Crippen molar-refractivity contribution in [2.24, 2.45) is 5.92 Å². The molecule has 2 aromatic rings. The van der Waals surface area contributed by atoms with Crippen LogP contribution in [0.5, 0.6) is 0 Å². The summed E-state index contributed by atoms with van der Waals surface area (Å²) in [7, 11) is 0. The number of rotatable bonds is 5. The van der Waals surface area contributed by atoms with E-state index in [9.17, 15) is 9.59 Å². The van der Waals surface area contributed by atoms with Gasteiger partial charge in [0, 0.05) is 11.1 Å². The number of hydrogen-bond donors (Lipinski definition) is 2. The lowest BCUT2D eigenvalue weighted by Gasteiger charge is -2.15. The average molecular weight is 376 g/mol. The third kappa shape index (κ3) is 3.75. The second-order valence-electron chi connectivity index (χ2n) is 7.01. The summed E-state index contributed by atoms with van der Waals surface area (Å²) in [6.45, 7) is 4.01. The predicted octanol–water partition coefficient (Wildman–Crippen LogP) is 3.63. The third-order valence-corrected chi connectivity index (χ3v) is 5.00. The number of carboxylic acid groups (broad SMARTS) is 1. The number of aromatic nitrogens is 2. The molecule has 2 N–H and O–H groups in total. The molecule has 0 spiro atoms. The second kappa shape index (κ2) is 7.50. The van der Waals surface area contributed by atoms with Gasteiger partial charge >= 0.3 is 5.97 Å². The van der Waals surface area contributed by atoms with Crippen LogP contribution < -0.4 is 5.32 Å². The van der Waals surface area contributed by atoms with Crippen molar-refractivity contribution >= 4 is 23.5 Å². The zero-order valence-electron chi connectivity index (χ0n) is 14.8. The number of benzene rings is 1. The lowest BCUT2D eigenvalue weighted by Crippen LogP contribution is -2.34. The van der Waals surface area contributed by atoms with Gasteiger partial charge in [-0.25, -0.2) is 4.68 Å². The highest BCUT2D eigenvalue weighted by atomic mass is 35.5. The minimum Gasteiger partial charge on any atom is -0.481 e. The summed E-state index contributed by atoms with van der Waals surface area (Å²) < 4.78 is 1.74. The molecule has 1 heterocycles. The Labute approximate surface area is 157 Å². The van der Waals surface area contributed by atoms with E-state index in [1.807, 2.05) is 26.0 Å². The van der Waals surface area contributed by atoms with Crippen LogP contribution in [0.25, 0.3) is 5.69 Å². The van der Waals surface area contributed by atoms with Crippen molar-refractivity contribution in [1.29, 1.82) is 0 Å². The first-order valence-electron chi connectivity index (χ1n) is 8.74. The molecule has 26 heavy (non-hydrogen) atoms. The molecule has 0 aliphatic heterocycles. The number of carboxylic acids is 1. The highest BCUT2D eigenvalue weighted by molar-refractivity contribution is 6.30. The van der Waals surface area contributed by atoms with E-state index in [2.05, 4.69) is 10.4 Å². The molecule has 1 saturated carbocycles. The van der Waals surface area contributed by atoms with Crippen LogP contribution in [0.4, 0.5) is 0 Å². The highest BCUT2D eigenvalue weighted by Crippen LogP contribution is 2.28. The molecule has 0 bridgehead atoms. The summed E-state index contributed by atoms with van der Waals surface area (Å²) in [6, 6.07) is 7.21. The van der Waals surface area contributed by atoms with E-state index in [4.69, 9.17) is 16.7 Å². The van der Waals surface area contributed by atoms with Crippen molar-refractivity contribution in [3.63, 3.8) is 0 Å². The summed E-state index contributed by atoms with van der Waals surface area (Å²) in [5, 5.41) is 17.1. The molecule has 0 unspecified atom stereocenters. The number of halogens is 1. The van der Waals surface area contributed by atoms with E-state index in [0.29, 0.717) is 29.8 Å². The standard InChI is InChI=1S/C19H22ClN3O3/c1-11(2)17-16(10-21-23(17)15-5-3-4-13(20)9-15)18(24)22-14-7-6-12(8-14)19(25)26/h3-5,9-12,14H,6-8H2,1-2H3,(H,22,24)(H,25,26)/t12-,14+/m0/s1. The van der Waals surface area contributed by atoms with Gasteiger partial charge in [-0.1, -0.05) is 31.5 Å². The lowest BCUT2D eigenvalue weighted by molar-refractivity contribution is -0.141. The van der Waals surface area contributed by atoms with E-state index in [0.717, 1.165) is 11.4 Å². The van der Waals surface area contributed by atoms with Crippen LogP contribution in [-0.2, 0) is 4.79 Å². The van der Waals surface area contributed by atoms with Gasteiger partial charge in [-0.05, 0) is 43.4 Å². The molecule has 138 valence electrons. The summed E-state index contributed by atoms with van der Waals surface area (Å²) in [5.74, 6) is -1.30. The maximum Gasteiger partial charge on any atom is 0.306 e. The van der Waals surface area contributed by atoms with Gasteiger partial charge in [0.1, 0.15) is 0 Å². The van der Waals surface area contributed by atoms with Gasteiger partial charge in [-0.3, -0.25) is 9.59 Å². The Morgan fingerprint density at radius 1 is 1.35 bits per heavy atom. The number of hydrogen-bond acceptors (Lipinski definition) is 3. The first kappa shape index (κ1) is 18.5. The molecular weight excluding hydrogens is 354 g/mol. The zero-order valence-corrected chi connectivity index (χ0v) is 15.5. The maximum atomic E-state index is 12.8. The number of aliphatic carboxylic acids is 1. The Balaban J connectivity index is 1.84. The van der Waals surface area contributed by atoms with Gasteiger partial charge in [0.05, 0.1) is 29.1 Å². The van der Waals surface area contributed by atoms with Gasteiger partial charge in [-0.2, -0.15) is 5.10 Å². The normalized spacial score (nSPS) is 19.7. The van der Waals surface area contributed by atoms with Crippen LogP contribution in [0, 0.1) is 5.92 Å². The van der Waals surface area contributed by atoms with E-state index >= 15 is 0 Å². The molecule has 7 heteroatoms. The molecule has 1 fully saturated rings. The smallest absolute Gasteiger partial charge is 0.306 e. The van der Waals surface area contributed by atoms with Crippen molar-refractivity contribution in [3.8, 4) is 5.69 Å². The molecule has 6 nitrogen and oxygen atoms in total. The molecular formula is C19H22ClN3O3. The zero-order chi connectivity index (χ0) is 18.8. The molecule has 3 rings (SSSR count). The molecule has 1 aromatic carbocycles. The number of carbonyl (C=O) groups is 2. The van der Waals surface area contributed by atoms with Crippen molar-refractivity contribution < 1.29 is 14.7 Å². The number of carbonyl (C=O) groups excluding carboxylic acids is 1. The predicted molar refractivity (Wildman–Crippen MR) is 98.9 cm³/mol. The van der Waals surface area contributed by atoms with Crippen molar-refractivity contribution in [2.45, 2.75) is 45.1 Å². The van der Waals surface area contributed by atoms with Gasteiger partial charge in [0.2, 0.25) is 0 Å². The Morgan fingerprint density at radius 3 is 2.73 bits per heavy atom. The minimum absolute atomic E-state index is 0.0765. The van der Waals surface area contributed by atoms with Crippen molar-refractivity contribution in [3.05, 3.63) is 46.7 Å². The highest BCUT2D eigenvalue weighted by Gasteiger charge is 2.31. The molecule has 0 saturated heterocycles. The number of amides is 1. The Kier molecular flexibility index (Phi) is 5.32.